The van der Waals surface area contributed by atoms with Crippen LogP contribution in [0.2, 0.25) is 0 Å². The predicted molar refractivity (Wildman–Crippen MR) is 94.1 cm³/mol. The number of rotatable bonds is 2. The molecule has 0 saturated heterocycles. The summed E-state index contributed by atoms with van der Waals surface area (Å²) < 4.78 is 4.77. The monoisotopic (exact) mass is 337 g/mol. The lowest BCUT2D eigenvalue weighted by Gasteiger charge is -2.27. The molecule has 1 heterocycles. The Bertz CT molecular complexity index is 858. The third kappa shape index (κ3) is 2.71. The van der Waals surface area contributed by atoms with Crippen molar-refractivity contribution < 1.29 is 19.1 Å². The highest BCUT2D eigenvalue weighted by Gasteiger charge is 2.38. The van der Waals surface area contributed by atoms with Crippen molar-refractivity contribution in [1.82, 2.24) is 0 Å². The fourth-order valence-corrected chi connectivity index (χ4v) is 3.00. The number of anilines is 1. The topological polar surface area (TPSA) is 63.7 Å². The summed E-state index contributed by atoms with van der Waals surface area (Å²) in [6.45, 7) is 5.96. The Balaban J connectivity index is 2.21. The van der Waals surface area contributed by atoms with Crippen molar-refractivity contribution in [2.75, 3.05) is 12.0 Å². The maximum Gasteiger partial charge on any atom is 0.337 e. The van der Waals surface area contributed by atoms with E-state index in [1.807, 2.05) is 20.8 Å². The Labute approximate surface area is 146 Å². The lowest BCUT2D eigenvalue weighted by atomic mass is 9.84. The van der Waals surface area contributed by atoms with Crippen LogP contribution in [0.3, 0.4) is 0 Å². The fourth-order valence-electron chi connectivity index (χ4n) is 3.00. The molecule has 0 unspecified atom stereocenters. The molecule has 0 aliphatic carbocycles. The third-order valence-corrected chi connectivity index (χ3v) is 4.26. The van der Waals surface area contributed by atoms with Crippen LogP contribution in [0.25, 0.3) is 0 Å². The van der Waals surface area contributed by atoms with Crippen molar-refractivity contribution in [1.29, 1.82) is 0 Å². The van der Waals surface area contributed by atoms with Gasteiger partial charge >= 0.3 is 5.97 Å². The van der Waals surface area contributed by atoms with Crippen LogP contribution < -0.4 is 4.90 Å². The minimum Gasteiger partial charge on any atom is -0.465 e. The van der Waals surface area contributed by atoms with E-state index in [1.165, 1.54) is 7.11 Å². The minimum absolute atomic E-state index is 0.294. The van der Waals surface area contributed by atoms with Crippen LogP contribution in [0.5, 0.6) is 0 Å². The minimum atomic E-state index is -0.515. The van der Waals surface area contributed by atoms with Gasteiger partial charge in [0.1, 0.15) is 0 Å². The normalized spacial score (nSPS) is 13.8. The molecule has 0 saturated carbocycles. The van der Waals surface area contributed by atoms with E-state index >= 15 is 0 Å². The average molecular weight is 337 g/mol. The van der Waals surface area contributed by atoms with E-state index in [0.717, 1.165) is 10.5 Å². The van der Waals surface area contributed by atoms with Crippen molar-refractivity contribution in [2.24, 2.45) is 0 Å². The first-order chi connectivity index (χ1) is 11.8. The van der Waals surface area contributed by atoms with Crippen molar-refractivity contribution in [3.8, 4) is 0 Å². The van der Waals surface area contributed by atoms with E-state index in [9.17, 15) is 14.4 Å². The Morgan fingerprint density at radius 2 is 1.52 bits per heavy atom. The number of nitrogens with zero attached hydrogens (tertiary/aromatic N) is 1. The number of carbonyl (C=O) groups excluding carboxylic acids is 3. The highest BCUT2D eigenvalue weighted by molar-refractivity contribution is 6.34. The van der Waals surface area contributed by atoms with Gasteiger partial charge in [-0.25, -0.2) is 9.69 Å². The van der Waals surface area contributed by atoms with Crippen molar-refractivity contribution in [3.63, 3.8) is 0 Å². The van der Waals surface area contributed by atoms with Crippen LogP contribution in [-0.4, -0.2) is 24.9 Å². The van der Waals surface area contributed by atoms with E-state index in [1.54, 1.807) is 42.5 Å². The summed E-state index contributed by atoms with van der Waals surface area (Å²) in [4.78, 5) is 38.7. The molecule has 128 valence electrons. The van der Waals surface area contributed by atoms with Crippen LogP contribution >= 0.6 is 0 Å². The molecular formula is C20H19NO4. The molecule has 0 N–H and O–H groups in total. The van der Waals surface area contributed by atoms with Crippen molar-refractivity contribution in [3.05, 3.63) is 64.7 Å². The molecule has 0 bridgehead atoms. The molecule has 1 aliphatic rings. The van der Waals surface area contributed by atoms with E-state index in [0.29, 0.717) is 22.4 Å². The SMILES string of the molecule is COC(=O)c1ccc(C(C)(C)C)c(N2C(=O)c3ccccc3C2=O)c1. The summed E-state index contributed by atoms with van der Waals surface area (Å²) in [6.07, 6.45) is 0. The Morgan fingerprint density at radius 1 is 0.960 bits per heavy atom. The largest absolute Gasteiger partial charge is 0.465 e. The quantitative estimate of drug-likeness (QED) is 0.621. The number of hydrogen-bond acceptors (Lipinski definition) is 4. The van der Waals surface area contributed by atoms with Crippen molar-refractivity contribution >= 4 is 23.5 Å². The van der Waals surface area contributed by atoms with E-state index in [2.05, 4.69) is 0 Å². The van der Waals surface area contributed by atoms with Crippen LogP contribution in [-0.2, 0) is 10.2 Å². The molecule has 25 heavy (non-hydrogen) atoms. The maximum atomic E-state index is 12.8. The van der Waals surface area contributed by atoms with Gasteiger partial charge in [0.2, 0.25) is 0 Å². The molecule has 2 aromatic carbocycles. The van der Waals surface area contributed by atoms with Gasteiger partial charge in [-0.05, 0) is 35.2 Å². The highest BCUT2D eigenvalue weighted by atomic mass is 16.5. The van der Waals surface area contributed by atoms with Gasteiger partial charge in [-0.1, -0.05) is 39.0 Å². The number of carbonyl (C=O) groups is 3. The summed E-state index contributed by atoms with van der Waals surface area (Å²) >= 11 is 0. The number of benzene rings is 2. The zero-order chi connectivity index (χ0) is 18.4. The molecule has 0 atom stereocenters. The van der Waals surface area contributed by atoms with Gasteiger partial charge in [-0.15, -0.1) is 0 Å². The first-order valence-electron chi connectivity index (χ1n) is 7.96. The smallest absolute Gasteiger partial charge is 0.337 e. The van der Waals surface area contributed by atoms with E-state index < -0.39 is 5.97 Å². The van der Waals surface area contributed by atoms with Gasteiger partial charge in [-0.3, -0.25) is 9.59 Å². The number of hydrogen-bond donors (Lipinski definition) is 0. The number of imide groups is 1. The highest BCUT2D eigenvalue weighted by Crippen LogP contribution is 2.37. The van der Waals surface area contributed by atoms with Gasteiger partial charge in [0, 0.05) is 0 Å². The van der Waals surface area contributed by atoms with Gasteiger partial charge in [-0.2, -0.15) is 0 Å². The molecule has 0 aromatic heterocycles. The Kier molecular flexibility index (Phi) is 3.95. The average Bonchev–Trinajstić information content (AvgIpc) is 2.84. The van der Waals surface area contributed by atoms with Crippen LogP contribution in [0.15, 0.2) is 42.5 Å². The van der Waals surface area contributed by atoms with Gasteiger partial charge in [0.25, 0.3) is 11.8 Å². The number of fused-ring (bicyclic) bond motifs is 1. The first kappa shape index (κ1) is 16.9. The zero-order valence-electron chi connectivity index (χ0n) is 14.6. The fraction of sp³-hybridized carbons (Fsp3) is 0.250. The second-order valence-corrected chi connectivity index (χ2v) is 6.96. The molecule has 5 heteroatoms. The van der Waals surface area contributed by atoms with E-state index in [-0.39, 0.29) is 17.2 Å². The lowest BCUT2D eigenvalue weighted by molar-refractivity contribution is 0.0600. The summed E-state index contributed by atoms with van der Waals surface area (Å²) in [5, 5.41) is 0. The maximum absolute atomic E-state index is 12.8. The first-order valence-corrected chi connectivity index (χ1v) is 7.96. The van der Waals surface area contributed by atoms with Gasteiger partial charge < -0.3 is 4.74 Å². The van der Waals surface area contributed by atoms with Crippen molar-refractivity contribution in [2.45, 2.75) is 26.2 Å². The summed E-state index contributed by atoms with van der Waals surface area (Å²) in [6, 6.07) is 11.7. The standard InChI is InChI=1S/C20H19NO4/c1-20(2,3)15-10-9-12(19(24)25-4)11-16(15)21-17(22)13-7-5-6-8-14(13)18(21)23/h5-11H,1-4H3. The Hall–Kier alpha value is -2.95. The molecule has 1 aliphatic heterocycles. The summed E-state index contributed by atoms with van der Waals surface area (Å²) in [5.74, 6) is -1.28. The number of ether oxygens (including phenoxy) is 1. The lowest BCUT2D eigenvalue weighted by Crippen LogP contribution is -2.32. The van der Waals surface area contributed by atoms with Crippen LogP contribution in [0.1, 0.15) is 57.4 Å². The molecule has 0 spiro atoms. The molecule has 0 radical (unpaired) electrons. The number of amides is 2. The second kappa shape index (κ2) is 5.84. The predicted octanol–water partition coefficient (Wildman–Crippen LogP) is 3.57. The summed E-state index contributed by atoms with van der Waals surface area (Å²) in [7, 11) is 1.29. The molecular weight excluding hydrogens is 318 g/mol. The summed E-state index contributed by atoms with van der Waals surface area (Å²) in [5.41, 5.74) is 1.93. The van der Waals surface area contributed by atoms with Gasteiger partial charge in [0.05, 0.1) is 29.5 Å². The number of esters is 1. The zero-order valence-corrected chi connectivity index (χ0v) is 14.6. The number of methoxy groups -OCH3 is 1. The Morgan fingerprint density at radius 3 is 2.00 bits per heavy atom. The molecule has 0 fully saturated rings. The molecule has 2 amide bonds. The molecule has 2 aromatic rings. The molecule has 3 rings (SSSR count). The van der Waals surface area contributed by atoms with Gasteiger partial charge in [0.15, 0.2) is 0 Å². The van der Waals surface area contributed by atoms with Crippen LogP contribution in [0, 0.1) is 0 Å². The van der Waals surface area contributed by atoms with E-state index in [4.69, 9.17) is 4.74 Å². The van der Waals surface area contributed by atoms with Crippen LogP contribution in [0.4, 0.5) is 5.69 Å². The third-order valence-electron chi connectivity index (χ3n) is 4.26. The molecule has 5 nitrogen and oxygen atoms in total. The second-order valence-electron chi connectivity index (χ2n) is 6.96.